The first-order valence-corrected chi connectivity index (χ1v) is 9.18. The highest BCUT2D eigenvalue weighted by Crippen LogP contribution is 2.32. The predicted octanol–water partition coefficient (Wildman–Crippen LogP) is 4.17. The molecule has 3 aromatic rings. The van der Waals surface area contributed by atoms with Crippen LogP contribution in [0.3, 0.4) is 0 Å². The van der Waals surface area contributed by atoms with Crippen molar-refractivity contribution in [2.75, 3.05) is 4.72 Å². The second-order valence-corrected chi connectivity index (χ2v) is 8.81. The topological polar surface area (TPSA) is 59.1 Å². The van der Waals surface area contributed by atoms with Gasteiger partial charge < -0.3 is 0 Å². The highest BCUT2D eigenvalue weighted by Gasteiger charge is 2.19. The minimum atomic E-state index is -3.59. The van der Waals surface area contributed by atoms with Crippen LogP contribution < -0.4 is 4.72 Å². The van der Waals surface area contributed by atoms with E-state index in [0.717, 1.165) is 20.1 Å². The quantitative estimate of drug-likeness (QED) is 0.739. The molecule has 3 rings (SSSR count). The molecule has 0 amide bonds. The lowest BCUT2D eigenvalue weighted by Crippen LogP contribution is -2.11. The molecule has 0 spiro atoms. The third-order valence-electron chi connectivity index (χ3n) is 3.02. The fourth-order valence-electron chi connectivity index (χ4n) is 1.97. The van der Waals surface area contributed by atoms with Crippen LogP contribution >= 0.6 is 27.3 Å². The molecule has 1 N–H and O–H groups in total. The summed E-state index contributed by atoms with van der Waals surface area (Å²) in [5.41, 5.74) is 1.46. The molecule has 2 aromatic heterocycles. The van der Waals surface area contributed by atoms with Gasteiger partial charge in [0.1, 0.15) is 4.21 Å². The molecule has 2 heterocycles. The van der Waals surface area contributed by atoms with E-state index in [0.29, 0.717) is 5.69 Å². The number of nitrogens with zero attached hydrogens (tertiary/aromatic N) is 1. The third-order valence-corrected chi connectivity index (χ3v) is 7.00. The Morgan fingerprint density at radius 1 is 1.29 bits per heavy atom. The van der Waals surface area contributed by atoms with Crippen LogP contribution in [0.15, 0.2) is 50.7 Å². The largest absolute Gasteiger partial charge is 0.278 e. The molecule has 0 radical (unpaired) electrons. The molecule has 7 heteroatoms. The van der Waals surface area contributed by atoms with Gasteiger partial charge in [-0.2, -0.15) is 0 Å². The van der Waals surface area contributed by atoms with Crippen molar-refractivity contribution >= 4 is 53.7 Å². The zero-order chi connectivity index (χ0) is 15.0. The van der Waals surface area contributed by atoms with E-state index >= 15 is 0 Å². The Balaban J connectivity index is 2.05. The molecule has 0 bridgehead atoms. The van der Waals surface area contributed by atoms with E-state index in [1.807, 2.05) is 13.0 Å². The first-order valence-electron chi connectivity index (χ1n) is 6.09. The normalized spacial score (nSPS) is 11.7. The number of rotatable bonds is 3. The minimum Gasteiger partial charge on any atom is -0.278 e. The van der Waals surface area contributed by atoms with Crippen LogP contribution in [0, 0.1) is 6.92 Å². The van der Waals surface area contributed by atoms with E-state index in [1.54, 1.807) is 36.7 Å². The Hall–Kier alpha value is -1.44. The summed E-state index contributed by atoms with van der Waals surface area (Å²) in [5, 5.41) is 1.71. The number of halogens is 1. The van der Waals surface area contributed by atoms with E-state index in [2.05, 4.69) is 25.6 Å². The van der Waals surface area contributed by atoms with E-state index in [1.165, 1.54) is 11.3 Å². The molecule has 21 heavy (non-hydrogen) atoms. The monoisotopic (exact) mass is 382 g/mol. The Morgan fingerprint density at radius 2 is 2.10 bits per heavy atom. The van der Waals surface area contributed by atoms with Gasteiger partial charge in [-0.25, -0.2) is 8.42 Å². The number of hydrogen-bond donors (Lipinski definition) is 1. The fourth-order valence-corrected chi connectivity index (χ4v) is 5.28. The number of hydrogen-bond acceptors (Lipinski definition) is 4. The maximum absolute atomic E-state index is 12.5. The van der Waals surface area contributed by atoms with Crippen molar-refractivity contribution < 1.29 is 8.42 Å². The fraction of sp³-hybridized carbons (Fsp3) is 0.0714. The first kappa shape index (κ1) is 14.5. The number of thiophene rings is 1. The van der Waals surface area contributed by atoms with Gasteiger partial charge in [0.15, 0.2) is 0 Å². The SMILES string of the molecule is Cc1cc(S(=O)(=O)Nc2cccc3cnccc23)sc1Br. The lowest BCUT2D eigenvalue weighted by atomic mass is 10.1. The van der Waals surface area contributed by atoms with Gasteiger partial charge in [0, 0.05) is 23.2 Å². The molecule has 0 fully saturated rings. The lowest BCUT2D eigenvalue weighted by Gasteiger charge is -2.09. The summed E-state index contributed by atoms with van der Waals surface area (Å²) in [4.78, 5) is 4.04. The molecule has 1 aromatic carbocycles. The minimum absolute atomic E-state index is 0.290. The zero-order valence-corrected chi connectivity index (χ0v) is 14.2. The van der Waals surface area contributed by atoms with Crippen LogP contribution in [0.2, 0.25) is 0 Å². The highest BCUT2D eigenvalue weighted by molar-refractivity contribution is 9.11. The van der Waals surface area contributed by atoms with Crippen LogP contribution in [0.5, 0.6) is 0 Å². The average molecular weight is 383 g/mol. The number of anilines is 1. The standard InChI is InChI=1S/C14H11BrN2O2S2/c1-9-7-13(20-14(9)15)21(18,19)17-12-4-2-3-10-8-16-6-5-11(10)12/h2-8,17H,1H3. The number of aryl methyl sites for hydroxylation is 1. The number of sulfonamides is 1. The van der Waals surface area contributed by atoms with E-state index in [4.69, 9.17) is 0 Å². The van der Waals surface area contributed by atoms with Crippen LogP contribution in [0.4, 0.5) is 5.69 Å². The van der Waals surface area contributed by atoms with Crippen molar-refractivity contribution in [1.82, 2.24) is 4.98 Å². The Labute approximate surface area is 135 Å². The molecule has 0 saturated carbocycles. The second kappa shape index (κ2) is 5.40. The van der Waals surface area contributed by atoms with Crippen molar-refractivity contribution in [1.29, 1.82) is 0 Å². The predicted molar refractivity (Wildman–Crippen MR) is 89.3 cm³/mol. The molecule has 0 atom stereocenters. The van der Waals surface area contributed by atoms with Crippen molar-refractivity contribution in [3.05, 3.63) is 52.1 Å². The number of benzene rings is 1. The maximum atomic E-state index is 12.5. The third kappa shape index (κ3) is 2.81. The molecular weight excluding hydrogens is 372 g/mol. The van der Waals surface area contributed by atoms with Gasteiger partial charge >= 0.3 is 0 Å². The summed E-state index contributed by atoms with van der Waals surface area (Å²) in [6.07, 6.45) is 3.35. The molecule has 108 valence electrons. The smallest absolute Gasteiger partial charge is 0.271 e. The number of aromatic nitrogens is 1. The van der Waals surface area contributed by atoms with E-state index < -0.39 is 10.0 Å². The number of pyridine rings is 1. The van der Waals surface area contributed by atoms with E-state index in [-0.39, 0.29) is 4.21 Å². The summed E-state index contributed by atoms with van der Waals surface area (Å²) in [7, 11) is -3.59. The van der Waals surface area contributed by atoms with Crippen molar-refractivity contribution in [3.63, 3.8) is 0 Å². The maximum Gasteiger partial charge on any atom is 0.271 e. The molecule has 0 aliphatic carbocycles. The summed E-state index contributed by atoms with van der Waals surface area (Å²) >= 11 is 4.55. The number of fused-ring (bicyclic) bond motifs is 1. The van der Waals surface area contributed by atoms with Gasteiger partial charge in [-0.05, 0) is 46.6 Å². The highest BCUT2D eigenvalue weighted by atomic mass is 79.9. The molecule has 0 aliphatic rings. The van der Waals surface area contributed by atoms with Crippen molar-refractivity contribution in [2.45, 2.75) is 11.1 Å². The van der Waals surface area contributed by atoms with Gasteiger partial charge in [0.2, 0.25) is 0 Å². The number of nitrogens with one attached hydrogen (secondary N) is 1. The Bertz CT molecular complexity index is 895. The van der Waals surface area contributed by atoms with Crippen LogP contribution in [0.25, 0.3) is 10.8 Å². The lowest BCUT2D eigenvalue weighted by molar-refractivity contribution is 0.603. The van der Waals surface area contributed by atoms with Crippen LogP contribution in [-0.4, -0.2) is 13.4 Å². The summed E-state index contributed by atoms with van der Waals surface area (Å²) in [5.74, 6) is 0. The molecule has 4 nitrogen and oxygen atoms in total. The molecule has 0 aliphatic heterocycles. The zero-order valence-electron chi connectivity index (χ0n) is 11.0. The summed E-state index contributed by atoms with van der Waals surface area (Å²) in [6, 6.07) is 8.89. The summed E-state index contributed by atoms with van der Waals surface area (Å²) < 4.78 is 28.7. The Kier molecular flexibility index (Phi) is 3.73. The van der Waals surface area contributed by atoms with Gasteiger partial charge in [0.25, 0.3) is 10.0 Å². The Morgan fingerprint density at radius 3 is 2.81 bits per heavy atom. The van der Waals surface area contributed by atoms with Crippen molar-refractivity contribution in [2.24, 2.45) is 0 Å². The molecular formula is C14H11BrN2O2S2. The average Bonchev–Trinajstić information content (AvgIpc) is 2.80. The van der Waals surface area contributed by atoms with Crippen molar-refractivity contribution in [3.8, 4) is 0 Å². The van der Waals surface area contributed by atoms with Crippen LogP contribution in [0.1, 0.15) is 5.56 Å². The summed E-state index contributed by atoms with van der Waals surface area (Å²) in [6.45, 7) is 1.86. The van der Waals surface area contributed by atoms with Gasteiger partial charge in [-0.1, -0.05) is 12.1 Å². The van der Waals surface area contributed by atoms with E-state index in [9.17, 15) is 8.42 Å². The molecule has 0 saturated heterocycles. The first-order chi connectivity index (χ1) is 9.97. The van der Waals surface area contributed by atoms with Gasteiger partial charge in [0.05, 0.1) is 9.47 Å². The molecule has 0 unspecified atom stereocenters. The second-order valence-electron chi connectivity index (χ2n) is 4.53. The van der Waals surface area contributed by atoms with Gasteiger partial charge in [-0.3, -0.25) is 9.71 Å². The van der Waals surface area contributed by atoms with Gasteiger partial charge in [-0.15, -0.1) is 11.3 Å². The van der Waals surface area contributed by atoms with Crippen LogP contribution in [-0.2, 0) is 10.0 Å².